The van der Waals surface area contributed by atoms with Gasteiger partial charge in [0.15, 0.2) is 0 Å². The van der Waals surface area contributed by atoms with E-state index in [4.69, 9.17) is 5.11 Å². The predicted octanol–water partition coefficient (Wildman–Crippen LogP) is 3.41. The lowest BCUT2D eigenvalue weighted by atomic mass is 9.98. The molecule has 1 N–H and O–H groups in total. The van der Waals surface area contributed by atoms with Crippen molar-refractivity contribution in [3.05, 3.63) is 0 Å². The van der Waals surface area contributed by atoms with Crippen LogP contribution in [0.4, 0.5) is 52.7 Å². The maximum Gasteiger partial charge on any atom is 0.460 e. The van der Waals surface area contributed by atoms with Crippen LogP contribution >= 0.6 is 0 Å². The lowest BCUT2D eigenvalue weighted by Gasteiger charge is -2.37. The van der Waals surface area contributed by atoms with Crippen LogP contribution in [0.5, 0.6) is 0 Å². The molecule has 25 heavy (non-hydrogen) atoms. The van der Waals surface area contributed by atoms with Crippen molar-refractivity contribution < 1.29 is 67.3 Å². The van der Waals surface area contributed by atoms with Gasteiger partial charge in [-0.2, -0.15) is 48.3 Å². The summed E-state index contributed by atoms with van der Waals surface area (Å²) in [6.07, 6.45) is -12.0. The van der Waals surface area contributed by atoms with Gasteiger partial charge in [0.2, 0.25) is 0 Å². The number of ether oxygens (including phenoxy) is 2. The van der Waals surface area contributed by atoms with E-state index in [2.05, 4.69) is 9.47 Å². The molecule has 0 heterocycles. The number of halogens is 12. The van der Waals surface area contributed by atoms with Gasteiger partial charge in [0.05, 0.1) is 26.4 Å². The maximum absolute atomic E-state index is 13.1. The van der Waals surface area contributed by atoms with Gasteiger partial charge in [-0.1, -0.05) is 0 Å². The molecule has 0 rings (SSSR count). The second kappa shape index (κ2) is 7.73. The van der Waals surface area contributed by atoms with Crippen molar-refractivity contribution in [2.45, 2.75) is 36.2 Å². The molecule has 0 amide bonds. The van der Waals surface area contributed by atoms with Crippen LogP contribution in [0.1, 0.15) is 0 Å². The molecule has 0 fully saturated rings. The summed E-state index contributed by atoms with van der Waals surface area (Å²) in [4.78, 5) is 0. The Labute approximate surface area is 131 Å². The number of rotatable bonds is 10. The zero-order chi connectivity index (χ0) is 20.3. The molecule has 0 saturated carbocycles. The van der Waals surface area contributed by atoms with Crippen LogP contribution < -0.4 is 0 Å². The lowest BCUT2D eigenvalue weighted by molar-refractivity contribution is -0.435. The molecule has 152 valence electrons. The largest absolute Gasteiger partial charge is 0.460 e. The van der Waals surface area contributed by atoms with Gasteiger partial charge < -0.3 is 14.6 Å². The average Bonchev–Trinajstić information content (AvgIpc) is 2.44. The fourth-order valence-corrected chi connectivity index (χ4v) is 1.21. The third-order valence-electron chi connectivity index (χ3n) is 2.58. The van der Waals surface area contributed by atoms with Crippen molar-refractivity contribution >= 4 is 0 Å². The van der Waals surface area contributed by atoms with E-state index in [-0.39, 0.29) is 0 Å². The van der Waals surface area contributed by atoms with Gasteiger partial charge >= 0.3 is 29.9 Å². The second-order valence-electron chi connectivity index (χ2n) is 4.37. The van der Waals surface area contributed by atoms with E-state index in [0.717, 1.165) is 0 Å². The fourth-order valence-electron chi connectivity index (χ4n) is 1.21. The summed E-state index contributed by atoms with van der Waals surface area (Å²) >= 11 is 0. The van der Waals surface area contributed by atoms with E-state index in [1.54, 1.807) is 0 Å². The average molecular weight is 406 g/mol. The SMILES string of the molecule is OCCOCCOC(F)C(F)(F)C(F)(F)C(F)(F)C(F)(F)C(F)(F)F. The van der Waals surface area contributed by atoms with Crippen LogP contribution in [-0.4, -0.2) is 67.8 Å². The first kappa shape index (κ1) is 24.0. The van der Waals surface area contributed by atoms with E-state index in [1.807, 2.05) is 0 Å². The standard InChI is InChI=1S/C10H10F12O3/c11-5(25-4-3-24-2-1-23)6(12,13)7(14,15)8(16,17)9(18,19)10(20,21)22/h5,23H,1-4H2. The van der Waals surface area contributed by atoms with Gasteiger partial charge in [-0.15, -0.1) is 0 Å². The van der Waals surface area contributed by atoms with Crippen molar-refractivity contribution in [3.8, 4) is 0 Å². The Kier molecular flexibility index (Phi) is 7.44. The number of hydrogen-bond acceptors (Lipinski definition) is 3. The molecule has 15 heteroatoms. The predicted molar refractivity (Wildman–Crippen MR) is 54.6 cm³/mol. The van der Waals surface area contributed by atoms with Gasteiger partial charge in [0.25, 0.3) is 6.36 Å². The van der Waals surface area contributed by atoms with Crippen molar-refractivity contribution in [1.29, 1.82) is 0 Å². The van der Waals surface area contributed by atoms with Crippen LogP contribution in [0.2, 0.25) is 0 Å². The quantitative estimate of drug-likeness (QED) is 0.447. The third kappa shape index (κ3) is 4.42. The molecule has 0 radical (unpaired) electrons. The fraction of sp³-hybridized carbons (Fsp3) is 1.00. The summed E-state index contributed by atoms with van der Waals surface area (Å²) in [7, 11) is 0. The molecule has 1 unspecified atom stereocenters. The first-order chi connectivity index (χ1) is 11.0. The Morgan fingerprint density at radius 1 is 0.680 bits per heavy atom. The Balaban J connectivity index is 5.37. The normalized spacial score (nSPS) is 16.2. The highest BCUT2D eigenvalue weighted by Crippen LogP contribution is 2.58. The van der Waals surface area contributed by atoms with Gasteiger partial charge in [0.1, 0.15) is 0 Å². The molecule has 0 aromatic heterocycles. The molecule has 0 aliphatic heterocycles. The van der Waals surface area contributed by atoms with E-state index >= 15 is 0 Å². The van der Waals surface area contributed by atoms with E-state index < -0.39 is 62.7 Å². The Bertz CT molecular complexity index is 422. The second-order valence-corrected chi connectivity index (χ2v) is 4.37. The number of aliphatic hydroxyl groups excluding tert-OH is 1. The number of aliphatic hydroxyl groups is 1. The summed E-state index contributed by atoms with van der Waals surface area (Å²) in [5.74, 6) is -29.5. The minimum Gasteiger partial charge on any atom is -0.394 e. The van der Waals surface area contributed by atoms with Crippen LogP contribution in [0.15, 0.2) is 0 Å². The first-order valence-electron chi connectivity index (χ1n) is 6.00. The van der Waals surface area contributed by atoms with Crippen molar-refractivity contribution in [1.82, 2.24) is 0 Å². The first-order valence-corrected chi connectivity index (χ1v) is 6.00. The zero-order valence-electron chi connectivity index (χ0n) is 11.7. The summed E-state index contributed by atoms with van der Waals surface area (Å²) < 4.78 is 159. The van der Waals surface area contributed by atoms with E-state index in [9.17, 15) is 52.7 Å². The molecule has 0 aromatic rings. The van der Waals surface area contributed by atoms with Crippen LogP contribution in [0.25, 0.3) is 0 Å². The van der Waals surface area contributed by atoms with Crippen molar-refractivity contribution in [2.24, 2.45) is 0 Å². The minimum absolute atomic E-state index is 0.428. The third-order valence-corrected chi connectivity index (χ3v) is 2.58. The molecule has 0 aromatic carbocycles. The molecule has 0 aliphatic rings. The van der Waals surface area contributed by atoms with E-state index in [1.165, 1.54) is 0 Å². The van der Waals surface area contributed by atoms with E-state index in [0.29, 0.717) is 0 Å². The summed E-state index contributed by atoms with van der Waals surface area (Å²) in [6, 6.07) is 0. The maximum atomic E-state index is 13.1. The topological polar surface area (TPSA) is 38.7 Å². The van der Waals surface area contributed by atoms with Gasteiger partial charge in [-0.3, -0.25) is 0 Å². The van der Waals surface area contributed by atoms with Crippen molar-refractivity contribution in [2.75, 3.05) is 26.4 Å². The lowest BCUT2D eigenvalue weighted by Crippen LogP contribution is -2.68. The zero-order valence-corrected chi connectivity index (χ0v) is 11.7. The van der Waals surface area contributed by atoms with Gasteiger partial charge in [0, 0.05) is 0 Å². The van der Waals surface area contributed by atoms with Gasteiger partial charge in [-0.05, 0) is 0 Å². The molecule has 0 spiro atoms. The molecular weight excluding hydrogens is 396 g/mol. The highest BCUT2D eigenvalue weighted by Gasteiger charge is 2.88. The smallest absolute Gasteiger partial charge is 0.394 e. The highest BCUT2D eigenvalue weighted by atomic mass is 19.4. The van der Waals surface area contributed by atoms with Crippen molar-refractivity contribution in [3.63, 3.8) is 0 Å². The summed E-state index contributed by atoms with van der Waals surface area (Å²) in [5.41, 5.74) is 0. The Morgan fingerprint density at radius 3 is 1.56 bits per heavy atom. The summed E-state index contributed by atoms with van der Waals surface area (Å²) in [5, 5.41) is 8.24. The van der Waals surface area contributed by atoms with Gasteiger partial charge in [-0.25, -0.2) is 4.39 Å². The summed E-state index contributed by atoms with van der Waals surface area (Å²) in [6.45, 7) is -3.11. The minimum atomic E-state index is -7.69. The molecule has 0 saturated heterocycles. The molecule has 1 atom stereocenters. The Hall–Kier alpha value is -0.960. The van der Waals surface area contributed by atoms with Crippen LogP contribution in [0, 0.1) is 0 Å². The number of hydrogen-bond donors (Lipinski definition) is 1. The van der Waals surface area contributed by atoms with Crippen LogP contribution in [-0.2, 0) is 9.47 Å². The van der Waals surface area contributed by atoms with Crippen LogP contribution in [0.3, 0.4) is 0 Å². The molecular formula is C10H10F12O3. The Morgan fingerprint density at radius 2 is 1.16 bits per heavy atom. The molecule has 0 bridgehead atoms. The highest BCUT2D eigenvalue weighted by molar-refractivity contribution is 5.07. The monoisotopic (exact) mass is 406 g/mol. The molecule has 3 nitrogen and oxygen atoms in total. The number of alkyl halides is 12. The molecule has 0 aliphatic carbocycles.